The van der Waals surface area contributed by atoms with Crippen molar-refractivity contribution in [3.8, 4) is 11.4 Å². The van der Waals surface area contributed by atoms with Crippen molar-refractivity contribution in [2.75, 3.05) is 7.11 Å². The van der Waals surface area contributed by atoms with E-state index in [9.17, 15) is 19.5 Å². The van der Waals surface area contributed by atoms with Gasteiger partial charge in [0.1, 0.15) is 11.3 Å². The van der Waals surface area contributed by atoms with Crippen molar-refractivity contribution in [3.63, 3.8) is 0 Å². The Morgan fingerprint density at radius 2 is 1.62 bits per heavy atom. The molecule has 0 aliphatic rings. The van der Waals surface area contributed by atoms with Crippen molar-refractivity contribution in [2.45, 2.75) is 0 Å². The molecule has 2 aromatic carbocycles. The molecule has 0 saturated heterocycles. The molecule has 0 fully saturated rings. The van der Waals surface area contributed by atoms with E-state index >= 15 is 0 Å². The van der Waals surface area contributed by atoms with Crippen molar-refractivity contribution in [1.29, 1.82) is 0 Å². The maximum atomic E-state index is 12.8. The number of aromatic nitrogens is 1. The molecule has 3 rings (SSSR count). The fraction of sp³-hybridized carbons (Fsp3) is 0.0500. The van der Waals surface area contributed by atoms with Crippen LogP contribution in [0.1, 0.15) is 26.3 Å². The number of carbonyl (C=O) groups is 2. The van der Waals surface area contributed by atoms with E-state index in [0.717, 1.165) is 7.11 Å². The van der Waals surface area contributed by atoms with Crippen LogP contribution in [0.3, 0.4) is 0 Å². The molecule has 6 nitrogen and oxygen atoms in total. The van der Waals surface area contributed by atoms with Crippen LogP contribution in [0.4, 0.5) is 0 Å². The zero-order chi connectivity index (χ0) is 18.7. The number of nitrogens with zero attached hydrogens (tertiary/aromatic N) is 1. The average Bonchev–Trinajstić information content (AvgIpc) is 2.68. The Balaban J connectivity index is 2.23. The van der Waals surface area contributed by atoms with Gasteiger partial charge in [-0.3, -0.25) is 14.2 Å². The first-order valence-electron chi connectivity index (χ1n) is 7.76. The predicted molar refractivity (Wildman–Crippen MR) is 94.9 cm³/mol. The highest BCUT2D eigenvalue weighted by molar-refractivity contribution is 6.11. The topological polar surface area (TPSA) is 85.6 Å². The Kier molecular flexibility index (Phi) is 4.66. The highest BCUT2D eigenvalue weighted by Gasteiger charge is 2.20. The van der Waals surface area contributed by atoms with Gasteiger partial charge in [0.15, 0.2) is 5.78 Å². The van der Waals surface area contributed by atoms with E-state index < -0.39 is 17.3 Å². The maximum absolute atomic E-state index is 12.8. The molecule has 130 valence electrons. The molecule has 6 heteroatoms. The number of pyridine rings is 1. The molecule has 0 bridgehead atoms. The molecule has 1 heterocycles. The third-order valence-corrected chi connectivity index (χ3v) is 3.87. The lowest BCUT2D eigenvalue weighted by Crippen LogP contribution is -2.27. The Morgan fingerprint density at radius 3 is 2.27 bits per heavy atom. The van der Waals surface area contributed by atoms with Crippen molar-refractivity contribution < 1.29 is 19.4 Å². The Hall–Kier alpha value is -3.67. The van der Waals surface area contributed by atoms with Crippen molar-refractivity contribution >= 4 is 11.8 Å². The summed E-state index contributed by atoms with van der Waals surface area (Å²) in [6.07, 6.45) is 1.35. The van der Waals surface area contributed by atoms with E-state index in [1.54, 1.807) is 42.5 Å². The first kappa shape index (κ1) is 17.2. The van der Waals surface area contributed by atoms with Gasteiger partial charge in [-0.05, 0) is 30.3 Å². The summed E-state index contributed by atoms with van der Waals surface area (Å²) in [6, 6.07) is 15.9. The van der Waals surface area contributed by atoms with Gasteiger partial charge in [0, 0.05) is 17.4 Å². The number of phenols is 1. The summed E-state index contributed by atoms with van der Waals surface area (Å²) in [5.74, 6) is -1.54. The molecular weight excluding hydrogens is 334 g/mol. The van der Waals surface area contributed by atoms with Gasteiger partial charge in [-0.15, -0.1) is 0 Å². The lowest BCUT2D eigenvalue weighted by Gasteiger charge is -2.11. The van der Waals surface area contributed by atoms with Crippen LogP contribution in [-0.4, -0.2) is 28.5 Å². The van der Waals surface area contributed by atoms with Gasteiger partial charge >= 0.3 is 5.97 Å². The fourth-order valence-electron chi connectivity index (χ4n) is 2.56. The monoisotopic (exact) mass is 349 g/mol. The zero-order valence-electron chi connectivity index (χ0n) is 13.9. The lowest BCUT2D eigenvalue weighted by molar-refractivity contribution is 0.0598. The lowest BCUT2D eigenvalue weighted by atomic mass is 10.0. The number of esters is 1. The third-order valence-electron chi connectivity index (χ3n) is 3.87. The number of ether oxygens (including phenoxy) is 1. The van der Waals surface area contributed by atoms with Gasteiger partial charge in [-0.25, -0.2) is 4.79 Å². The van der Waals surface area contributed by atoms with E-state index in [0.29, 0.717) is 5.69 Å². The summed E-state index contributed by atoms with van der Waals surface area (Å²) in [6.45, 7) is 0. The predicted octanol–water partition coefficient (Wildman–Crippen LogP) is 2.56. The Labute approximate surface area is 148 Å². The first-order chi connectivity index (χ1) is 12.5. The molecule has 0 atom stereocenters. The van der Waals surface area contributed by atoms with Crippen molar-refractivity contribution in [1.82, 2.24) is 4.57 Å². The van der Waals surface area contributed by atoms with E-state index in [2.05, 4.69) is 4.74 Å². The molecule has 1 N–H and O–H groups in total. The number of phenolic OH excluding ortho intramolecular Hbond substituents is 1. The van der Waals surface area contributed by atoms with Gasteiger partial charge < -0.3 is 9.84 Å². The average molecular weight is 349 g/mol. The standard InChI is InChI=1S/C20H15NO5/c1-26-20(25)16-11-13(18(23)15-9-5-6-10-17(15)22)12-21(19(16)24)14-7-3-2-4-8-14/h2-12,22H,1H3. The van der Waals surface area contributed by atoms with Gasteiger partial charge in [0.05, 0.1) is 12.7 Å². The molecule has 0 radical (unpaired) electrons. The molecule has 1 aromatic heterocycles. The van der Waals surface area contributed by atoms with Gasteiger partial charge in [0.25, 0.3) is 5.56 Å². The highest BCUT2D eigenvalue weighted by Crippen LogP contribution is 2.20. The fourth-order valence-corrected chi connectivity index (χ4v) is 2.56. The zero-order valence-corrected chi connectivity index (χ0v) is 13.9. The molecule has 26 heavy (non-hydrogen) atoms. The summed E-state index contributed by atoms with van der Waals surface area (Å²) < 4.78 is 5.87. The summed E-state index contributed by atoms with van der Waals surface area (Å²) in [7, 11) is 1.16. The number of para-hydroxylation sites is 2. The summed E-state index contributed by atoms with van der Waals surface area (Å²) >= 11 is 0. The first-order valence-corrected chi connectivity index (χ1v) is 7.76. The molecule has 0 aliphatic heterocycles. The van der Waals surface area contributed by atoms with Crippen LogP contribution < -0.4 is 5.56 Å². The van der Waals surface area contributed by atoms with Crippen LogP contribution in [0.15, 0.2) is 71.7 Å². The summed E-state index contributed by atoms with van der Waals surface area (Å²) in [5.41, 5.74) is -0.221. The molecule has 0 aliphatic carbocycles. The number of methoxy groups -OCH3 is 1. The third kappa shape index (κ3) is 3.12. The second-order valence-electron chi connectivity index (χ2n) is 5.49. The Bertz CT molecular complexity index is 1040. The van der Waals surface area contributed by atoms with E-state index in [-0.39, 0.29) is 22.4 Å². The quantitative estimate of drug-likeness (QED) is 0.578. The van der Waals surface area contributed by atoms with E-state index in [1.807, 2.05) is 0 Å². The van der Waals surface area contributed by atoms with Crippen LogP contribution in [0.25, 0.3) is 5.69 Å². The molecule has 0 unspecified atom stereocenters. The normalized spacial score (nSPS) is 10.3. The highest BCUT2D eigenvalue weighted by atomic mass is 16.5. The van der Waals surface area contributed by atoms with Crippen LogP contribution in [-0.2, 0) is 4.74 Å². The molecule has 0 spiro atoms. The molecule has 3 aromatic rings. The number of carbonyl (C=O) groups excluding carboxylic acids is 2. The molecular formula is C20H15NO5. The number of hydrogen-bond acceptors (Lipinski definition) is 5. The number of rotatable bonds is 4. The largest absolute Gasteiger partial charge is 0.507 e. The smallest absolute Gasteiger partial charge is 0.343 e. The van der Waals surface area contributed by atoms with Gasteiger partial charge in [-0.1, -0.05) is 30.3 Å². The number of benzene rings is 2. The SMILES string of the molecule is COC(=O)c1cc(C(=O)c2ccccc2O)cn(-c2ccccc2)c1=O. The van der Waals surface area contributed by atoms with Crippen LogP contribution in [0.5, 0.6) is 5.75 Å². The van der Waals surface area contributed by atoms with Crippen molar-refractivity contribution in [3.05, 3.63) is 93.9 Å². The minimum Gasteiger partial charge on any atom is -0.507 e. The van der Waals surface area contributed by atoms with Crippen LogP contribution in [0.2, 0.25) is 0 Å². The van der Waals surface area contributed by atoms with Crippen LogP contribution >= 0.6 is 0 Å². The number of ketones is 1. The molecule has 0 amide bonds. The van der Waals surface area contributed by atoms with E-state index in [4.69, 9.17) is 0 Å². The van der Waals surface area contributed by atoms with Crippen molar-refractivity contribution in [2.24, 2.45) is 0 Å². The van der Waals surface area contributed by atoms with Gasteiger partial charge in [0.2, 0.25) is 0 Å². The minimum absolute atomic E-state index is 0.0709. The minimum atomic E-state index is -0.841. The second kappa shape index (κ2) is 7.06. The number of hydrogen-bond donors (Lipinski definition) is 1. The second-order valence-corrected chi connectivity index (χ2v) is 5.49. The van der Waals surface area contributed by atoms with E-state index in [1.165, 1.54) is 29.0 Å². The summed E-state index contributed by atoms with van der Waals surface area (Å²) in [4.78, 5) is 37.4. The van der Waals surface area contributed by atoms with Crippen LogP contribution in [0, 0.1) is 0 Å². The van der Waals surface area contributed by atoms with Gasteiger partial charge in [-0.2, -0.15) is 0 Å². The molecule has 0 saturated carbocycles. The number of aromatic hydroxyl groups is 1. The maximum Gasteiger partial charge on any atom is 0.343 e. The Morgan fingerprint density at radius 1 is 0.962 bits per heavy atom. The summed E-state index contributed by atoms with van der Waals surface area (Å²) in [5, 5.41) is 9.93.